The lowest BCUT2D eigenvalue weighted by atomic mass is 9.59. The van der Waals surface area contributed by atoms with Crippen molar-refractivity contribution in [3.63, 3.8) is 0 Å². The zero-order chi connectivity index (χ0) is 36.3. The molecule has 1 heterocycles. The van der Waals surface area contributed by atoms with Gasteiger partial charge in [0.15, 0.2) is 17.7 Å². The molecule has 0 bridgehead atoms. The lowest BCUT2D eigenvalue weighted by Gasteiger charge is -2.46. The van der Waals surface area contributed by atoms with Crippen LogP contribution in [0.25, 0.3) is 5.76 Å². The molecule has 15 heteroatoms. The van der Waals surface area contributed by atoms with Crippen LogP contribution in [0.1, 0.15) is 43.9 Å². The molecule has 3 aliphatic carbocycles. The van der Waals surface area contributed by atoms with E-state index in [1.165, 1.54) is 4.90 Å². The van der Waals surface area contributed by atoms with Gasteiger partial charge in [0, 0.05) is 37.5 Å². The van der Waals surface area contributed by atoms with Crippen molar-refractivity contribution < 1.29 is 53.5 Å². The second-order valence-electron chi connectivity index (χ2n) is 14.7. The molecular formula is C34H44N4O11. The number of allylic oxidation sites excluding steroid dienone is 1. The summed E-state index contributed by atoms with van der Waals surface area (Å²) in [5, 5.41) is 34.5. The molecule has 49 heavy (non-hydrogen) atoms. The Morgan fingerprint density at radius 1 is 1.06 bits per heavy atom. The highest BCUT2D eigenvalue weighted by Crippen LogP contribution is 2.52. The summed E-state index contributed by atoms with van der Waals surface area (Å²) in [5.41, 5.74) is 5.87. The van der Waals surface area contributed by atoms with Gasteiger partial charge >= 0.3 is 12.2 Å². The molecule has 0 aromatic heterocycles. The molecule has 266 valence electrons. The molecule has 1 aromatic rings. The highest BCUT2D eigenvalue weighted by atomic mass is 16.8. The molecule has 15 nitrogen and oxygen atoms in total. The Hall–Kier alpha value is -4.79. The smallest absolute Gasteiger partial charge is 0.508 e. The summed E-state index contributed by atoms with van der Waals surface area (Å²) in [6, 6.07) is 0.876. The summed E-state index contributed by atoms with van der Waals surface area (Å²) in [5.74, 6) is -6.69. The Labute approximate surface area is 283 Å². The molecule has 1 aromatic carbocycles. The number of aliphatic hydroxyl groups excluding tert-OH is 2. The maximum Gasteiger partial charge on any atom is 0.508 e. The first-order chi connectivity index (χ1) is 22.8. The molecule has 5 N–H and O–H groups in total. The maximum atomic E-state index is 14.2. The van der Waals surface area contributed by atoms with E-state index in [0.29, 0.717) is 11.3 Å². The zero-order valence-corrected chi connectivity index (χ0v) is 28.7. The van der Waals surface area contributed by atoms with Crippen LogP contribution in [0.2, 0.25) is 0 Å². The third-order valence-corrected chi connectivity index (χ3v) is 9.43. The lowest BCUT2D eigenvalue weighted by Crippen LogP contribution is -2.55. The number of Topliss-reactive ketones (excluding diaryl/α,β-unsaturated/α-hetero) is 2. The van der Waals surface area contributed by atoms with Crippen LogP contribution in [0, 0.1) is 23.2 Å². The summed E-state index contributed by atoms with van der Waals surface area (Å²) >= 11 is 0. The molecular weight excluding hydrogens is 640 g/mol. The van der Waals surface area contributed by atoms with E-state index in [-0.39, 0.29) is 61.6 Å². The first-order valence-corrected chi connectivity index (χ1v) is 16.0. The van der Waals surface area contributed by atoms with Crippen molar-refractivity contribution in [2.24, 2.45) is 28.9 Å². The SMILES string of the molecule is CN(C)c1cc(CN(CC(C)(C)C)C(=O)OCC2COC(=O)O2)c(O)c2c1CC1CC3C(C(=O)C(C(N)=O)=C(O)C3N(C)C)C(=O)C1=C2O. The first-order valence-electron chi connectivity index (χ1n) is 16.0. The first kappa shape index (κ1) is 35.5. The summed E-state index contributed by atoms with van der Waals surface area (Å²) in [4.78, 5) is 69.4. The number of likely N-dealkylation sites (N-methyl/N-ethyl adjacent to an activating group) is 1. The number of phenolic OH excluding ortho intramolecular Hbond substituents is 1. The number of rotatable bonds is 8. The van der Waals surface area contributed by atoms with Crippen LogP contribution in [-0.4, -0.2) is 115 Å². The molecule has 5 rings (SSSR count). The van der Waals surface area contributed by atoms with E-state index in [0.717, 1.165) is 0 Å². The van der Waals surface area contributed by atoms with E-state index in [1.807, 2.05) is 20.8 Å². The number of carbonyl (C=O) groups excluding carboxylic acids is 5. The average molecular weight is 685 g/mol. The normalized spacial score (nSPS) is 25.0. The molecule has 1 saturated carbocycles. The van der Waals surface area contributed by atoms with E-state index in [9.17, 15) is 39.3 Å². The van der Waals surface area contributed by atoms with Gasteiger partial charge in [-0.25, -0.2) is 9.59 Å². The predicted octanol–water partition coefficient (Wildman–Crippen LogP) is 2.44. The van der Waals surface area contributed by atoms with Crippen molar-refractivity contribution in [3.8, 4) is 5.75 Å². The topological polar surface area (TPSA) is 209 Å². The Bertz CT molecular complexity index is 1670. The number of aromatic hydroxyl groups is 1. The average Bonchev–Trinajstić information content (AvgIpc) is 3.40. The number of ketones is 2. The number of amides is 2. The molecule has 0 radical (unpaired) electrons. The number of benzene rings is 1. The minimum atomic E-state index is -1.37. The van der Waals surface area contributed by atoms with Crippen molar-refractivity contribution in [1.29, 1.82) is 0 Å². The van der Waals surface area contributed by atoms with Crippen LogP contribution in [-0.2, 0) is 41.6 Å². The van der Waals surface area contributed by atoms with Crippen LogP contribution in [0.3, 0.4) is 0 Å². The molecule has 2 amide bonds. The fourth-order valence-corrected chi connectivity index (χ4v) is 7.55. The quantitative estimate of drug-likeness (QED) is 0.176. The molecule has 5 unspecified atom stereocenters. The fourth-order valence-electron chi connectivity index (χ4n) is 7.55. The molecule has 2 fully saturated rings. The number of anilines is 1. The number of hydrogen-bond donors (Lipinski definition) is 4. The Morgan fingerprint density at radius 3 is 2.29 bits per heavy atom. The van der Waals surface area contributed by atoms with Gasteiger partial charge in [0.05, 0.1) is 24.1 Å². The molecule has 0 spiro atoms. The van der Waals surface area contributed by atoms with Crippen LogP contribution in [0.4, 0.5) is 15.3 Å². The minimum Gasteiger partial charge on any atom is -0.510 e. The van der Waals surface area contributed by atoms with Crippen molar-refractivity contribution in [1.82, 2.24) is 9.80 Å². The Morgan fingerprint density at radius 2 is 1.73 bits per heavy atom. The third-order valence-electron chi connectivity index (χ3n) is 9.43. The van der Waals surface area contributed by atoms with E-state index < -0.39 is 82.1 Å². The van der Waals surface area contributed by atoms with E-state index in [4.69, 9.17) is 19.9 Å². The number of primary amides is 1. The van der Waals surface area contributed by atoms with Crippen molar-refractivity contribution >= 4 is 41.2 Å². The number of aliphatic hydroxyl groups is 2. The van der Waals surface area contributed by atoms with Gasteiger partial charge in [-0.05, 0) is 55.8 Å². The maximum absolute atomic E-state index is 14.2. The predicted molar refractivity (Wildman–Crippen MR) is 175 cm³/mol. The number of nitrogens with two attached hydrogens (primary N) is 1. The van der Waals surface area contributed by atoms with Gasteiger partial charge in [-0.15, -0.1) is 0 Å². The Kier molecular flexibility index (Phi) is 9.36. The van der Waals surface area contributed by atoms with E-state index >= 15 is 0 Å². The second-order valence-corrected chi connectivity index (χ2v) is 14.7. The molecule has 4 aliphatic rings. The van der Waals surface area contributed by atoms with E-state index in [2.05, 4.69) is 0 Å². The fraction of sp³-hybridized carbons (Fsp3) is 0.559. The van der Waals surface area contributed by atoms with Crippen LogP contribution >= 0.6 is 0 Å². The summed E-state index contributed by atoms with van der Waals surface area (Å²) < 4.78 is 15.2. The van der Waals surface area contributed by atoms with Gasteiger partial charge in [0.25, 0.3) is 5.91 Å². The number of nitrogens with zero attached hydrogens (tertiary/aromatic N) is 3. The minimum absolute atomic E-state index is 0.0132. The number of cyclic esters (lactones) is 2. The molecule has 1 saturated heterocycles. The summed E-state index contributed by atoms with van der Waals surface area (Å²) in [6.07, 6.45) is -1.88. The largest absolute Gasteiger partial charge is 0.510 e. The van der Waals surface area contributed by atoms with Crippen molar-refractivity contribution in [2.75, 3.05) is 52.8 Å². The number of ether oxygens (including phenoxy) is 3. The summed E-state index contributed by atoms with van der Waals surface area (Å²) in [6.45, 7) is 5.53. The standard InChI is InChI=1S/C34H44N4O11/c1-34(2,3)14-38(32(45)47-12-17-13-48-33(46)49-17)11-16-10-20(36(4)5)18-8-15-9-19-23(28(41)21(15)27(40)22(18)26(16)39)29(42)24(31(35)44)30(43)25(19)37(6)7/h10,15,17,19,23,25,39-40,43H,8-9,11-14H2,1-7H3,(H2,35,44). The highest BCUT2D eigenvalue weighted by molar-refractivity contribution is 6.28. The molecule has 5 atom stereocenters. The Balaban J connectivity index is 1.55. The number of fused-ring (bicyclic) bond motifs is 3. The highest BCUT2D eigenvalue weighted by Gasteiger charge is 2.56. The van der Waals surface area contributed by atoms with Crippen LogP contribution < -0.4 is 10.6 Å². The number of hydrogen-bond acceptors (Lipinski definition) is 13. The van der Waals surface area contributed by atoms with Gasteiger partial charge < -0.3 is 45.1 Å². The van der Waals surface area contributed by atoms with Crippen LogP contribution in [0.15, 0.2) is 23.0 Å². The van der Waals surface area contributed by atoms with Crippen molar-refractivity contribution in [3.05, 3.63) is 39.7 Å². The lowest BCUT2D eigenvalue weighted by molar-refractivity contribution is -0.136. The number of carbonyl (C=O) groups is 5. The molecule has 1 aliphatic heterocycles. The summed E-state index contributed by atoms with van der Waals surface area (Å²) in [7, 11) is 6.90. The van der Waals surface area contributed by atoms with E-state index in [1.54, 1.807) is 44.1 Å². The van der Waals surface area contributed by atoms with Gasteiger partial charge in [-0.2, -0.15) is 0 Å². The number of phenols is 1. The monoisotopic (exact) mass is 684 g/mol. The van der Waals surface area contributed by atoms with Gasteiger partial charge in [0.1, 0.15) is 36.1 Å². The van der Waals surface area contributed by atoms with Gasteiger partial charge in [0.2, 0.25) is 0 Å². The second kappa shape index (κ2) is 12.9. The van der Waals surface area contributed by atoms with Crippen LogP contribution in [0.5, 0.6) is 5.75 Å². The third kappa shape index (κ3) is 6.51. The van der Waals surface area contributed by atoms with Crippen molar-refractivity contribution in [2.45, 2.75) is 52.3 Å². The van der Waals surface area contributed by atoms with Gasteiger partial charge in [-0.1, -0.05) is 20.8 Å². The van der Waals surface area contributed by atoms with Gasteiger partial charge in [-0.3, -0.25) is 19.3 Å². The zero-order valence-electron chi connectivity index (χ0n) is 28.7.